The molecule has 28 heavy (non-hydrogen) atoms. The van der Waals surface area contributed by atoms with E-state index < -0.39 is 16.1 Å². The lowest BCUT2D eigenvalue weighted by molar-refractivity contribution is 1.63. The summed E-state index contributed by atoms with van der Waals surface area (Å²) in [6, 6.07) is 13.2. The Bertz CT molecular complexity index is 1110. The molecule has 0 spiro atoms. The summed E-state index contributed by atoms with van der Waals surface area (Å²) in [6.07, 6.45) is 0. The van der Waals surface area contributed by atoms with E-state index in [9.17, 15) is 0 Å². The van der Waals surface area contributed by atoms with Gasteiger partial charge in [0, 0.05) is 20.1 Å². The first-order chi connectivity index (χ1) is 12.9. The van der Waals surface area contributed by atoms with Gasteiger partial charge in [0.15, 0.2) is 0 Å². The molecule has 0 aliphatic carbocycles. The molecule has 0 saturated heterocycles. The lowest BCUT2D eigenvalue weighted by Crippen LogP contribution is -2.16. The van der Waals surface area contributed by atoms with Crippen LogP contribution >= 0.6 is 31.9 Å². The topological polar surface area (TPSA) is 0 Å². The van der Waals surface area contributed by atoms with Gasteiger partial charge in [0.2, 0.25) is 0 Å². The minimum absolute atomic E-state index is 1.06. The molecule has 0 unspecified atom stereocenters. The standard InChI is InChI=1S/C24H24Br2Si2/c1-27(2,3)9-7-17-11-19-13-22-16-24(26)18(8-10-28(4,5)6)12-20(22)14-21(19)15-23(17)25/h11-16H,1-6H3. The van der Waals surface area contributed by atoms with E-state index in [4.69, 9.17) is 0 Å². The van der Waals surface area contributed by atoms with Crippen LogP contribution in [0.15, 0.2) is 45.3 Å². The highest BCUT2D eigenvalue weighted by atomic mass is 79.9. The molecule has 0 aromatic heterocycles. The third-order valence-electron chi connectivity index (χ3n) is 4.11. The van der Waals surface area contributed by atoms with Gasteiger partial charge in [-0.2, -0.15) is 0 Å². The Hall–Kier alpha value is -1.31. The summed E-state index contributed by atoms with van der Waals surface area (Å²) in [7, 11) is -2.82. The van der Waals surface area contributed by atoms with Gasteiger partial charge in [-0.1, -0.05) is 51.1 Å². The minimum Gasteiger partial charge on any atom is -0.127 e. The molecule has 142 valence electrons. The van der Waals surface area contributed by atoms with Crippen molar-refractivity contribution in [2.45, 2.75) is 39.3 Å². The first-order valence-electron chi connectivity index (χ1n) is 9.34. The maximum Gasteiger partial charge on any atom is 0.129 e. The molecule has 3 aromatic rings. The second kappa shape index (κ2) is 7.84. The molecule has 0 bridgehead atoms. The van der Waals surface area contributed by atoms with Gasteiger partial charge >= 0.3 is 0 Å². The van der Waals surface area contributed by atoms with Gasteiger partial charge in [-0.05, 0) is 89.8 Å². The number of fused-ring (bicyclic) bond motifs is 2. The molecular formula is C24H24Br2Si2. The average molecular weight is 528 g/mol. The molecule has 0 atom stereocenters. The highest BCUT2D eigenvalue weighted by molar-refractivity contribution is 9.10. The third kappa shape index (κ3) is 5.39. The Morgan fingerprint density at radius 3 is 1.18 bits per heavy atom. The summed E-state index contributed by atoms with van der Waals surface area (Å²) < 4.78 is 2.11. The van der Waals surface area contributed by atoms with Crippen LogP contribution in [-0.4, -0.2) is 16.1 Å². The lowest BCUT2D eigenvalue weighted by Gasteiger charge is -2.08. The van der Waals surface area contributed by atoms with E-state index in [1.165, 1.54) is 21.5 Å². The van der Waals surface area contributed by atoms with Crippen LogP contribution in [0.5, 0.6) is 0 Å². The molecule has 4 heteroatoms. The van der Waals surface area contributed by atoms with E-state index in [-0.39, 0.29) is 0 Å². The molecule has 0 heterocycles. The Morgan fingerprint density at radius 1 is 0.536 bits per heavy atom. The summed E-state index contributed by atoms with van der Waals surface area (Å²) in [4.78, 5) is 0. The zero-order valence-corrected chi connectivity index (χ0v) is 22.4. The van der Waals surface area contributed by atoms with Crippen molar-refractivity contribution in [2.75, 3.05) is 0 Å². The maximum absolute atomic E-state index is 3.71. The normalized spacial score (nSPS) is 11.7. The zero-order chi connectivity index (χ0) is 20.7. The highest BCUT2D eigenvalue weighted by Gasteiger charge is 2.10. The first-order valence-corrected chi connectivity index (χ1v) is 17.9. The van der Waals surface area contributed by atoms with Crippen LogP contribution in [0.1, 0.15) is 11.1 Å². The number of hydrogen-bond acceptors (Lipinski definition) is 0. The number of halogens is 2. The van der Waals surface area contributed by atoms with E-state index in [2.05, 4.69) is 130 Å². The summed E-state index contributed by atoms with van der Waals surface area (Å²) in [5, 5.41) is 4.85. The number of benzene rings is 3. The van der Waals surface area contributed by atoms with Crippen molar-refractivity contribution in [1.82, 2.24) is 0 Å². The van der Waals surface area contributed by atoms with Crippen molar-refractivity contribution in [2.24, 2.45) is 0 Å². The van der Waals surface area contributed by atoms with Crippen LogP contribution < -0.4 is 0 Å². The molecule has 0 nitrogen and oxygen atoms in total. The van der Waals surface area contributed by atoms with Crippen molar-refractivity contribution in [3.63, 3.8) is 0 Å². The van der Waals surface area contributed by atoms with Crippen molar-refractivity contribution in [1.29, 1.82) is 0 Å². The largest absolute Gasteiger partial charge is 0.129 e. The van der Waals surface area contributed by atoms with Crippen LogP contribution in [0.2, 0.25) is 39.3 Å². The van der Waals surface area contributed by atoms with Crippen LogP contribution in [0, 0.1) is 22.9 Å². The fourth-order valence-corrected chi connectivity index (χ4v) is 4.69. The Kier molecular flexibility index (Phi) is 6.00. The highest BCUT2D eigenvalue weighted by Crippen LogP contribution is 2.31. The van der Waals surface area contributed by atoms with Crippen LogP contribution in [0.25, 0.3) is 21.5 Å². The second-order valence-electron chi connectivity index (χ2n) is 9.21. The van der Waals surface area contributed by atoms with Gasteiger partial charge in [-0.3, -0.25) is 0 Å². The van der Waals surface area contributed by atoms with Gasteiger partial charge < -0.3 is 0 Å². The van der Waals surface area contributed by atoms with Crippen LogP contribution in [0.3, 0.4) is 0 Å². The quantitative estimate of drug-likeness (QED) is 0.158. The Labute approximate surface area is 187 Å². The predicted octanol–water partition coefficient (Wildman–Crippen LogP) is 7.98. The van der Waals surface area contributed by atoms with Gasteiger partial charge in [0.05, 0.1) is 0 Å². The molecule has 3 aromatic carbocycles. The fourth-order valence-electron chi connectivity index (χ4n) is 2.75. The second-order valence-corrected chi connectivity index (χ2v) is 20.4. The van der Waals surface area contributed by atoms with Gasteiger partial charge in [-0.25, -0.2) is 0 Å². The van der Waals surface area contributed by atoms with Gasteiger partial charge in [-0.15, -0.1) is 11.1 Å². The van der Waals surface area contributed by atoms with Crippen LogP contribution in [0.4, 0.5) is 0 Å². The van der Waals surface area contributed by atoms with Crippen molar-refractivity contribution < 1.29 is 0 Å². The summed E-state index contributed by atoms with van der Waals surface area (Å²) in [5.41, 5.74) is 9.05. The molecule has 3 rings (SSSR count). The van der Waals surface area contributed by atoms with Gasteiger partial charge in [0.25, 0.3) is 0 Å². The van der Waals surface area contributed by atoms with Crippen molar-refractivity contribution in [3.8, 4) is 22.9 Å². The van der Waals surface area contributed by atoms with E-state index in [1.54, 1.807) is 0 Å². The number of rotatable bonds is 0. The summed E-state index contributed by atoms with van der Waals surface area (Å²) in [5.74, 6) is 6.77. The van der Waals surface area contributed by atoms with E-state index in [0.717, 1.165) is 20.1 Å². The molecular weight excluding hydrogens is 504 g/mol. The first kappa shape index (κ1) is 21.4. The molecule has 0 saturated carbocycles. The fraction of sp³-hybridized carbons (Fsp3) is 0.250. The third-order valence-corrected chi connectivity index (χ3v) is 7.17. The molecule has 0 radical (unpaired) electrons. The van der Waals surface area contributed by atoms with E-state index in [0.29, 0.717) is 0 Å². The Balaban J connectivity index is 2.16. The SMILES string of the molecule is C[Si](C)(C)C#Cc1cc2cc3cc(Br)c(C#C[Si](C)(C)C)cc3cc2cc1Br. The summed E-state index contributed by atoms with van der Waals surface area (Å²) >= 11 is 7.42. The molecule has 0 fully saturated rings. The maximum atomic E-state index is 3.71. The monoisotopic (exact) mass is 526 g/mol. The Morgan fingerprint density at radius 2 is 0.857 bits per heavy atom. The molecule has 0 amide bonds. The average Bonchev–Trinajstić information content (AvgIpc) is 2.55. The minimum atomic E-state index is -1.41. The van der Waals surface area contributed by atoms with Crippen molar-refractivity contribution >= 4 is 69.6 Å². The molecule has 0 aliphatic rings. The predicted molar refractivity (Wildman–Crippen MR) is 137 cm³/mol. The number of hydrogen-bond donors (Lipinski definition) is 0. The van der Waals surface area contributed by atoms with Gasteiger partial charge in [0.1, 0.15) is 16.1 Å². The molecule has 0 N–H and O–H groups in total. The van der Waals surface area contributed by atoms with E-state index in [1.807, 2.05) is 0 Å². The zero-order valence-electron chi connectivity index (χ0n) is 17.2. The molecule has 0 aliphatic heterocycles. The van der Waals surface area contributed by atoms with Crippen LogP contribution in [-0.2, 0) is 0 Å². The van der Waals surface area contributed by atoms with E-state index >= 15 is 0 Å². The summed E-state index contributed by atoms with van der Waals surface area (Å²) in [6.45, 7) is 13.6. The smallest absolute Gasteiger partial charge is 0.127 e. The van der Waals surface area contributed by atoms with Crippen molar-refractivity contribution in [3.05, 3.63) is 56.5 Å². The lowest BCUT2D eigenvalue weighted by atomic mass is 10.0.